The molecule has 1 amide bonds. The Bertz CT molecular complexity index is 622. The molecule has 0 fully saturated rings. The van der Waals surface area contributed by atoms with Crippen LogP contribution in [-0.2, 0) is 4.79 Å². The fourth-order valence-corrected chi connectivity index (χ4v) is 4.45. The number of carbonyl (C=O) groups excluding carboxylic acids is 1. The van der Waals surface area contributed by atoms with Crippen molar-refractivity contribution < 1.29 is 4.79 Å². The Hall–Kier alpha value is -0.200. The highest BCUT2D eigenvalue weighted by Gasteiger charge is 2.35. The molecule has 0 bridgehead atoms. The van der Waals surface area contributed by atoms with Crippen LogP contribution in [0.25, 0.3) is 10.2 Å². The predicted molar refractivity (Wildman–Crippen MR) is 97.2 cm³/mol. The molecule has 3 nitrogen and oxygen atoms in total. The van der Waals surface area contributed by atoms with Gasteiger partial charge in [-0.05, 0) is 18.1 Å². The van der Waals surface area contributed by atoms with Crippen LogP contribution in [0.3, 0.4) is 0 Å². The minimum Gasteiger partial charge on any atom is -0.340 e. The first-order valence-corrected chi connectivity index (χ1v) is 9.47. The molecule has 1 aromatic carbocycles. The van der Waals surface area contributed by atoms with Crippen LogP contribution in [-0.4, -0.2) is 20.1 Å². The summed E-state index contributed by atoms with van der Waals surface area (Å²) in [7, 11) is 0. The summed E-state index contributed by atoms with van der Waals surface area (Å²) in [5.41, 5.74) is 0.895. The highest BCUT2D eigenvalue weighted by atomic mass is 35.6. The zero-order chi connectivity index (χ0) is 16.3. The summed E-state index contributed by atoms with van der Waals surface area (Å²) < 4.78 is 0.193. The van der Waals surface area contributed by atoms with Gasteiger partial charge in [-0.25, -0.2) is 4.98 Å². The van der Waals surface area contributed by atoms with Crippen LogP contribution in [0, 0.1) is 5.92 Å². The zero-order valence-electron chi connectivity index (χ0n) is 12.0. The van der Waals surface area contributed by atoms with E-state index in [1.165, 1.54) is 23.1 Å². The Morgan fingerprint density at radius 3 is 2.64 bits per heavy atom. The Labute approximate surface area is 152 Å². The number of amides is 1. The maximum absolute atomic E-state index is 12.0. The molecule has 0 saturated heterocycles. The van der Waals surface area contributed by atoms with Gasteiger partial charge in [0.05, 0.1) is 10.2 Å². The number of nitrogens with one attached hydrogen (secondary N) is 1. The van der Waals surface area contributed by atoms with E-state index in [1.54, 1.807) is 0 Å². The summed E-state index contributed by atoms with van der Waals surface area (Å²) in [6.07, 6.45) is 0.387. The number of thioether (sulfide) groups is 1. The lowest BCUT2D eigenvalue weighted by Gasteiger charge is -2.24. The number of nitrogens with zero attached hydrogens (tertiary/aromatic N) is 1. The van der Waals surface area contributed by atoms with Crippen molar-refractivity contribution in [2.75, 3.05) is 0 Å². The Morgan fingerprint density at radius 1 is 1.36 bits per heavy atom. The molecule has 2 aromatic rings. The van der Waals surface area contributed by atoms with Crippen LogP contribution in [0.4, 0.5) is 0 Å². The SMILES string of the molecule is CC(C)CC(=O)NC(Sc1nc2ccccc2s1)C(Cl)(Cl)Cl. The number of para-hydroxylation sites is 1. The van der Waals surface area contributed by atoms with Crippen molar-refractivity contribution in [3.8, 4) is 0 Å². The Morgan fingerprint density at radius 2 is 2.05 bits per heavy atom. The van der Waals surface area contributed by atoms with Crippen LogP contribution in [0.5, 0.6) is 0 Å². The lowest BCUT2D eigenvalue weighted by Crippen LogP contribution is -2.41. The molecular weight excluding hydrogens is 383 g/mol. The summed E-state index contributed by atoms with van der Waals surface area (Å²) in [5, 5.41) is 2.09. The number of rotatable bonds is 5. The molecule has 0 radical (unpaired) electrons. The molecule has 1 unspecified atom stereocenters. The van der Waals surface area contributed by atoms with E-state index in [1.807, 2.05) is 38.1 Å². The minimum absolute atomic E-state index is 0.139. The average molecular weight is 398 g/mol. The molecule has 0 aliphatic carbocycles. The largest absolute Gasteiger partial charge is 0.340 e. The number of fused-ring (bicyclic) bond motifs is 1. The number of benzene rings is 1. The van der Waals surface area contributed by atoms with Gasteiger partial charge in [-0.15, -0.1) is 11.3 Å². The second-order valence-electron chi connectivity index (χ2n) is 5.15. The smallest absolute Gasteiger partial charge is 0.221 e. The first-order valence-electron chi connectivity index (χ1n) is 6.64. The van der Waals surface area contributed by atoms with E-state index in [0.29, 0.717) is 6.42 Å². The molecule has 1 heterocycles. The van der Waals surface area contributed by atoms with Crippen LogP contribution in [0.1, 0.15) is 20.3 Å². The third-order valence-corrected chi connectivity index (χ3v) is 6.09. The number of thiazole rings is 1. The molecule has 120 valence electrons. The minimum atomic E-state index is -1.62. The van der Waals surface area contributed by atoms with Gasteiger partial charge in [0, 0.05) is 6.42 Å². The standard InChI is InChI=1S/C14H15Cl3N2OS2/c1-8(2)7-11(20)19-12(14(15,16)17)22-13-18-9-5-3-4-6-10(9)21-13/h3-6,8,12H,7H2,1-2H3,(H,19,20). The van der Waals surface area contributed by atoms with E-state index < -0.39 is 9.17 Å². The fourth-order valence-electron chi connectivity index (χ4n) is 1.76. The maximum atomic E-state index is 12.0. The normalized spacial score (nSPS) is 13.5. The second kappa shape index (κ2) is 7.58. The second-order valence-corrected chi connectivity index (χ2v) is 9.90. The lowest BCUT2D eigenvalue weighted by molar-refractivity contribution is -0.121. The summed E-state index contributed by atoms with van der Waals surface area (Å²) in [5.74, 6) is 0.100. The number of hydrogen-bond acceptors (Lipinski definition) is 4. The highest BCUT2D eigenvalue weighted by molar-refractivity contribution is 8.02. The number of alkyl halides is 3. The van der Waals surface area contributed by atoms with Gasteiger partial charge in [0.1, 0.15) is 5.37 Å². The van der Waals surface area contributed by atoms with Gasteiger partial charge in [0.15, 0.2) is 4.34 Å². The molecule has 22 heavy (non-hydrogen) atoms. The summed E-state index contributed by atoms with van der Waals surface area (Å²) in [4.78, 5) is 16.4. The predicted octanol–water partition coefficient (Wildman–Crippen LogP) is 5.25. The molecule has 0 aliphatic heterocycles. The first kappa shape index (κ1) is 18.1. The van der Waals surface area contributed by atoms with Crippen molar-refractivity contribution >= 4 is 74.0 Å². The van der Waals surface area contributed by atoms with E-state index >= 15 is 0 Å². The van der Waals surface area contributed by atoms with Crippen molar-refractivity contribution in [1.29, 1.82) is 0 Å². The molecule has 1 N–H and O–H groups in total. The van der Waals surface area contributed by atoms with Gasteiger partial charge in [-0.3, -0.25) is 4.79 Å². The summed E-state index contributed by atoms with van der Waals surface area (Å²) in [6, 6.07) is 7.79. The number of carbonyl (C=O) groups is 1. The van der Waals surface area contributed by atoms with Crippen LogP contribution in [0.15, 0.2) is 28.6 Å². The van der Waals surface area contributed by atoms with Gasteiger partial charge >= 0.3 is 0 Å². The van der Waals surface area contributed by atoms with Crippen molar-refractivity contribution in [1.82, 2.24) is 10.3 Å². The average Bonchev–Trinajstić information content (AvgIpc) is 2.78. The molecule has 1 atom stereocenters. The Balaban J connectivity index is 2.14. The van der Waals surface area contributed by atoms with Crippen molar-refractivity contribution in [3.63, 3.8) is 0 Å². The number of aromatic nitrogens is 1. The topological polar surface area (TPSA) is 42.0 Å². The van der Waals surface area contributed by atoms with Crippen LogP contribution in [0.2, 0.25) is 0 Å². The van der Waals surface area contributed by atoms with Crippen molar-refractivity contribution in [3.05, 3.63) is 24.3 Å². The first-order chi connectivity index (χ1) is 10.3. The monoisotopic (exact) mass is 396 g/mol. The van der Waals surface area contributed by atoms with Gasteiger partial charge in [0.2, 0.25) is 9.70 Å². The molecular formula is C14H15Cl3N2OS2. The summed E-state index contributed by atoms with van der Waals surface area (Å²) in [6.45, 7) is 3.93. The molecule has 8 heteroatoms. The molecule has 1 aromatic heterocycles. The number of halogens is 3. The van der Waals surface area contributed by atoms with Gasteiger partial charge in [-0.1, -0.05) is 72.5 Å². The van der Waals surface area contributed by atoms with Crippen LogP contribution < -0.4 is 5.32 Å². The molecule has 0 aliphatic rings. The van der Waals surface area contributed by atoms with Crippen LogP contribution >= 0.6 is 57.9 Å². The van der Waals surface area contributed by atoms with E-state index in [-0.39, 0.29) is 11.8 Å². The van der Waals surface area contributed by atoms with E-state index in [4.69, 9.17) is 34.8 Å². The maximum Gasteiger partial charge on any atom is 0.221 e. The van der Waals surface area contributed by atoms with E-state index in [0.717, 1.165) is 14.6 Å². The van der Waals surface area contributed by atoms with Gasteiger partial charge in [0.25, 0.3) is 0 Å². The summed E-state index contributed by atoms with van der Waals surface area (Å²) >= 11 is 20.8. The van der Waals surface area contributed by atoms with Crippen molar-refractivity contribution in [2.24, 2.45) is 5.92 Å². The Kier molecular flexibility index (Phi) is 6.25. The van der Waals surface area contributed by atoms with E-state index in [2.05, 4.69) is 10.3 Å². The van der Waals surface area contributed by atoms with Gasteiger partial charge < -0.3 is 5.32 Å². The third kappa shape index (κ3) is 5.17. The number of hydrogen-bond donors (Lipinski definition) is 1. The van der Waals surface area contributed by atoms with Gasteiger partial charge in [-0.2, -0.15) is 0 Å². The fraction of sp³-hybridized carbons (Fsp3) is 0.429. The third-order valence-electron chi connectivity index (χ3n) is 2.68. The quantitative estimate of drug-likeness (QED) is 0.426. The molecule has 0 spiro atoms. The zero-order valence-corrected chi connectivity index (χ0v) is 15.9. The van der Waals surface area contributed by atoms with E-state index in [9.17, 15) is 4.79 Å². The molecule has 2 rings (SSSR count). The lowest BCUT2D eigenvalue weighted by atomic mass is 10.1. The van der Waals surface area contributed by atoms with Crippen molar-refractivity contribution in [2.45, 2.75) is 33.8 Å². The molecule has 0 saturated carbocycles. The highest BCUT2D eigenvalue weighted by Crippen LogP contribution is 2.41.